The third-order valence-corrected chi connectivity index (χ3v) is 16.7. The summed E-state index contributed by atoms with van der Waals surface area (Å²) in [6, 6.07) is 20.8. The number of benzene rings is 4. The molecule has 4 amide bonds. The molecule has 2 aliphatic carbocycles. The SMILES string of the molecule is CC1c2c(cc(F)c(Cl)c2-c2c(C(N)=O)ccc(OCCO)c2F)OC1(CNC1CCC(NC2CCC(CN3CCC(c4ccc5c(N6CCC(=O)NC6=O)nn(C)c5c4)CC3)CC2)CC1)c1ccccc1. The Morgan fingerprint density at radius 3 is 2.33 bits per heavy atom. The molecule has 14 nitrogen and oxygen atoms in total. The average molecular weight is 1010 g/mol. The topological polar surface area (TPSA) is 176 Å². The van der Waals surface area contributed by atoms with Crippen LogP contribution in [0.25, 0.3) is 22.0 Å². The number of hydrogen-bond donors (Lipinski definition) is 5. The number of rotatable bonds is 15. The minimum Gasteiger partial charge on any atom is -0.488 e. The Labute approximate surface area is 423 Å². The van der Waals surface area contributed by atoms with Crippen molar-refractivity contribution >= 4 is 46.2 Å². The first kappa shape index (κ1) is 49.9. The molecule has 10 rings (SSSR count). The summed E-state index contributed by atoms with van der Waals surface area (Å²) in [7, 11) is 1.91. The van der Waals surface area contributed by atoms with E-state index in [-0.39, 0.29) is 64.8 Å². The van der Waals surface area contributed by atoms with Gasteiger partial charge >= 0.3 is 6.03 Å². The number of primary amides is 1. The molecule has 2 saturated heterocycles. The van der Waals surface area contributed by atoms with Gasteiger partial charge in [-0.3, -0.25) is 24.5 Å². The van der Waals surface area contributed by atoms with Gasteiger partial charge in [0.15, 0.2) is 23.0 Å². The van der Waals surface area contributed by atoms with Crippen molar-refractivity contribution in [3.8, 4) is 22.6 Å². The van der Waals surface area contributed by atoms with E-state index in [1.165, 1.54) is 49.4 Å². The number of halogens is 3. The number of hydrogen-bond acceptors (Lipinski definition) is 10. The van der Waals surface area contributed by atoms with E-state index in [0.717, 1.165) is 74.6 Å². The largest absolute Gasteiger partial charge is 0.488 e. The maximum atomic E-state index is 16.5. The maximum Gasteiger partial charge on any atom is 0.329 e. The van der Waals surface area contributed by atoms with Gasteiger partial charge in [-0.05, 0) is 125 Å². The van der Waals surface area contributed by atoms with Gasteiger partial charge in [-0.2, -0.15) is 5.10 Å². The molecule has 0 radical (unpaired) electrons. The molecule has 1 aromatic heterocycles. The molecule has 382 valence electrons. The molecule has 2 unspecified atom stereocenters. The Balaban J connectivity index is 0.719. The number of amides is 4. The fraction of sp³-hybridized carbons (Fsp3) is 0.491. The van der Waals surface area contributed by atoms with Crippen molar-refractivity contribution in [2.24, 2.45) is 18.7 Å². The number of anilines is 1. The quantitative estimate of drug-likeness (QED) is 0.0685. The average Bonchev–Trinajstić information content (AvgIpc) is 3.86. The summed E-state index contributed by atoms with van der Waals surface area (Å²) in [6.45, 7) is 5.43. The Hall–Kier alpha value is -5.65. The van der Waals surface area contributed by atoms with Gasteiger partial charge in [-0.25, -0.2) is 13.6 Å². The summed E-state index contributed by atoms with van der Waals surface area (Å²) in [4.78, 5) is 41.3. The van der Waals surface area contributed by atoms with Gasteiger partial charge in [0.05, 0.1) is 22.7 Å². The van der Waals surface area contributed by atoms with E-state index in [1.54, 1.807) is 4.90 Å². The number of nitrogens with two attached hydrogens (primary N) is 1. The Morgan fingerprint density at radius 2 is 1.64 bits per heavy atom. The van der Waals surface area contributed by atoms with Crippen LogP contribution < -0.4 is 36.1 Å². The third-order valence-electron chi connectivity index (χ3n) is 16.3. The Kier molecular flexibility index (Phi) is 14.6. The smallest absolute Gasteiger partial charge is 0.329 e. The number of ether oxygens (including phenoxy) is 2. The van der Waals surface area contributed by atoms with Crippen molar-refractivity contribution in [1.29, 1.82) is 0 Å². The first-order chi connectivity index (χ1) is 34.8. The molecule has 6 N–H and O–H groups in total. The normalized spacial score (nSPS) is 25.1. The molecule has 17 heteroatoms. The minimum absolute atomic E-state index is 0.0142. The van der Waals surface area contributed by atoms with Crippen LogP contribution in [0.1, 0.15) is 116 Å². The lowest BCUT2D eigenvalue weighted by atomic mass is 9.77. The molecule has 3 aliphatic heterocycles. The van der Waals surface area contributed by atoms with Crippen LogP contribution in [-0.4, -0.2) is 102 Å². The number of aliphatic hydroxyl groups excluding tert-OH is 1. The number of nitrogens with zero attached hydrogens (tertiary/aromatic N) is 4. The number of aromatic nitrogens is 2. The lowest BCUT2D eigenvalue weighted by Crippen LogP contribution is -2.50. The van der Waals surface area contributed by atoms with Crippen LogP contribution in [0.5, 0.6) is 11.5 Å². The van der Waals surface area contributed by atoms with Gasteiger partial charge in [0.2, 0.25) is 11.8 Å². The van der Waals surface area contributed by atoms with E-state index in [9.17, 15) is 19.5 Å². The lowest BCUT2D eigenvalue weighted by molar-refractivity contribution is -0.120. The second kappa shape index (κ2) is 21.1. The first-order valence-corrected chi connectivity index (χ1v) is 26.1. The van der Waals surface area contributed by atoms with E-state index >= 15 is 8.78 Å². The number of carbonyl (C=O) groups is 3. The van der Waals surface area contributed by atoms with Crippen LogP contribution in [0.15, 0.2) is 66.7 Å². The predicted molar refractivity (Wildman–Crippen MR) is 273 cm³/mol. The molecular formula is C55H65ClF2N8O6. The number of piperidine rings is 1. The summed E-state index contributed by atoms with van der Waals surface area (Å²) < 4.78 is 46.5. The fourth-order valence-electron chi connectivity index (χ4n) is 12.4. The number of aryl methyl sites for hydroxylation is 1. The van der Waals surface area contributed by atoms with Gasteiger partial charge in [0.25, 0.3) is 0 Å². The highest BCUT2D eigenvalue weighted by Crippen LogP contribution is 2.56. The molecular weight excluding hydrogens is 942 g/mol. The van der Waals surface area contributed by atoms with Gasteiger partial charge in [0.1, 0.15) is 18.2 Å². The molecule has 5 aliphatic rings. The van der Waals surface area contributed by atoms with Crippen molar-refractivity contribution in [2.45, 2.75) is 113 Å². The highest BCUT2D eigenvalue weighted by atomic mass is 35.5. The molecule has 5 aromatic rings. The van der Waals surface area contributed by atoms with E-state index < -0.39 is 35.1 Å². The predicted octanol–water partition coefficient (Wildman–Crippen LogP) is 8.41. The van der Waals surface area contributed by atoms with Crippen LogP contribution in [-0.2, 0) is 17.4 Å². The Bertz CT molecular complexity index is 2830. The standard InChI is InChI=1S/C55H65ClF2N8O6/c1-32-47-45(29-42(57)50(56)49(47)48-41(52(59)69)18-19-44(51(48)58)71-27-26-67)72-55(32,36-6-4-3-5-7-36)31-60-37-13-15-39(16-14-37)61-38-11-8-33(9-12-38)30-65-23-20-34(21-24-65)35-10-17-40-43(28-35)64(2)63-53(40)66-25-22-46(68)62-54(66)70/h3-7,10,17-19,28-29,32-34,37-39,60-61,67H,8-9,11-16,20-27,30-31H2,1-2H3,(H2,59,69)(H,62,68,70). The van der Waals surface area contributed by atoms with Crippen LogP contribution in [0.3, 0.4) is 0 Å². The highest BCUT2D eigenvalue weighted by Gasteiger charge is 2.50. The molecule has 4 heterocycles. The molecule has 72 heavy (non-hydrogen) atoms. The fourth-order valence-corrected chi connectivity index (χ4v) is 12.6. The van der Waals surface area contributed by atoms with Crippen molar-refractivity contribution < 1.29 is 37.7 Å². The number of aliphatic hydroxyl groups is 1. The molecule has 0 bridgehead atoms. The summed E-state index contributed by atoms with van der Waals surface area (Å²) >= 11 is 6.74. The lowest BCUT2D eigenvalue weighted by Gasteiger charge is -2.39. The summed E-state index contributed by atoms with van der Waals surface area (Å²) in [5, 5.41) is 24.9. The molecule has 2 atom stereocenters. The van der Waals surface area contributed by atoms with Crippen molar-refractivity contribution in [3.05, 3.63) is 106 Å². The zero-order valence-corrected chi connectivity index (χ0v) is 41.8. The summed E-state index contributed by atoms with van der Waals surface area (Å²) in [5.41, 5.74) is 7.90. The third kappa shape index (κ3) is 9.80. The van der Waals surface area contributed by atoms with Crippen molar-refractivity contribution in [1.82, 2.24) is 30.6 Å². The zero-order valence-electron chi connectivity index (χ0n) is 41.0. The summed E-state index contributed by atoms with van der Waals surface area (Å²) in [5.74, 6) is -1.69. The number of fused-ring (bicyclic) bond motifs is 2. The Morgan fingerprint density at radius 1 is 0.931 bits per heavy atom. The molecule has 0 spiro atoms. The monoisotopic (exact) mass is 1010 g/mol. The number of likely N-dealkylation sites (tertiary alicyclic amines) is 1. The van der Waals surface area contributed by atoms with Crippen LogP contribution in [0, 0.1) is 17.6 Å². The number of nitrogens with one attached hydrogen (secondary N) is 3. The second-order valence-corrected chi connectivity index (χ2v) is 21.0. The second-order valence-electron chi connectivity index (χ2n) is 20.6. The molecule has 4 aromatic carbocycles. The van der Waals surface area contributed by atoms with Gasteiger partial charge < -0.3 is 35.8 Å². The first-order valence-electron chi connectivity index (χ1n) is 25.7. The number of imide groups is 1. The number of carbonyl (C=O) groups excluding carboxylic acids is 3. The van der Waals surface area contributed by atoms with E-state index in [4.69, 9.17) is 26.8 Å². The summed E-state index contributed by atoms with van der Waals surface area (Å²) in [6.07, 6.45) is 11.4. The van der Waals surface area contributed by atoms with E-state index in [1.807, 2.05) is 49.0 Å². The van der Waals surface area contributed by atoms with Gasteiger partial charge in [-0.1, -0.05) is 54.9 Å². The molecule has 2 saturated carbocycles. The van der Waals surface area contributed by atoms with Crippen LogP contribution >= 0.6 is 11.6 Å². The number of urea groups is 1. The van der Waals surface area contributed by atoms with Crippen LogP contribution in [0.4, 0.5) is 19.4 Å². The van der Waals surface area contributed by atoms with Gasteiger partial charge in [0, 0.05) is 85.3 Å². The van der Waals surface area contributed by atoms with Crippen molar-refractivity contribution in [3.63, 3.8) is 0 Å². The molecule has 4 fully saturated rings. The zero-order chi connectivity index (χ0) is 50.3. The van der Waals surface area contributed by atoms with Crippen LogP contribution in [0.2, 0.25) is 5.02 Å². The minimum atomic E-state index is -1.03. The highest BCUT2D eigenvalue weighted by molar-refractivity contribution is 6.34. The van der Waals surface area contributed by atoms with E-state index in [0.29, 0.717) is 48.4 Å². The van der Waals surface area contributed by atoms with E-state index in [2.05, 4.69) is 44.1 Å². The maximum absolute atomic E-state index is 16.5. The van der Waals surface area contributed by atoms with Crippen molar-refractivity contribution in [2.75, 3.05) is 50.8 Å². The van der Waals surface area contributed by atoms with Gasteiger partial charge in [-0.15, -0.1) is 0 Å².